The first-order chi connectivity index (χ1) is 7.56. The SMILES string of the molecule is CC(F)C1(c2cccc(C(=O)O)c2)CCC1. The number of carbonyl (C=O) groups is 1. The Hall–Kier alpha value is -1.38. The van der Waals surface area contributed by atoms with Gasteiger partial charge < -0.3 is 5.11 Å². The van der Waals surface area contributed by atoms with Gasteiger partial charge in [0.25, 0.3) is 0 Å². The molecule has 0 heterocycles. The van der Waals surface area contributed by atoms with Crippen LogP contribution in [0.2, 0.25) is 0 Å². The molecule has 1 fully saturated rings. The Kier molecular flexibility index (Phi) is 2.70. The van der Waals surface area contributed by atoms with Gasteiger partial charge in [-0.3, -0.25) is 0 Å². The number of benzene rings is 1. The summed E-state index contributed by atoms with van der Waals surface area (Å²) in [7, 11) is 0. The standard InChI is InChI=1S/C13H15FO2/c1-9(14)13(6-3-7-13)11-5-2-4-10(8-11)12(15)16/h2,4-5,8-9H,3,6-7H2,1H3,(H,15,16). The number of hydrogen-bond donors (Lipinski definition) is 1. The van der Waals surface area contributed by atoms with Crippen molar-refractivity contribution in [1.29, 1.82) is 0 Å². The molecule has 1 saturated carbocycles. The summed E-state index contributed by atoms with van der Waals surface area (Å²) in [6.45, 7) is 1.56. The van der Waals surface area contributed by atoms with Crippen molar-refractivity contribution in [1.82, 2.24) is 0 Å². The van der Waals surface area contributed by atoms with Crippen molar-refractivity contribution >= 4 is 5.97 Å². The van der Waals surface area contributed by atoms with Crippen LogP contribution in [0.3, 0.4) is 0 Å². The van der Waals surface area contributed by atoms with E-state index in [-0.39, 0.29) is 5.56 Å². The van der Waals surface area contributed by atoms with Gasteiger partial charge in [0.05, 0.1) is 5.56 Å². The molecule has 1 N–H and O–H groups in total. The highest BCUT2D eigenvalue weighted by atomic mass is 19.1. The summed E-state index contributed by atoms with van der Waals surface area (Å²) in [5.41, 5.74) is 0.629. The molecule has 0 aliphatic heterocycles. The molecule has 16 heavy (non-hydrogen) atoms. The maximum atomic E-state index is 13.7. The van der Waals surface area contributed by atoms with Gasteiger partial charge in [-0.25, -0.2) is 9.18 Å². The normalized spacial score (nSPS) is 19.9. The Balaban J connectivity index is 2.39. The summed E-state index contributed by atoms with van der Waals surface area (Å²) >= 11 is 0. The average Bonchev–Trinajstić information content (AvgIpc) is 2.15. The second-order valence-electron chi connectivity index (χ2n) is 4.51. The van der Waals surface area contributed by atoms with E-state index in [1.165, 1.54) is 0 Å². The summed E-state index contributed by atoms with van der Waals surface area (Å²) in [4.78, 5) is 10.9. The van der Waals surface area contributed by atoms with Crippen molar-refractivity contribution < 1.29 is 14.3 Å². The van der Waals surface area contributed by atoms with Gasteiger partial charge in [0.15, 0.2) is 0 Å². The van der Waals surface area contributed by atoms with Crippen LogP contribution in [-0.2, 0) is 5.41 Å². The maximum Gasteiger partial charge on any atom is 0.335 e. The van der Waals surface area contributed by atoms with Crippen molar-refractivity contribution in [3.8, 4) is 0 Å². The molecule has 1 aliphatic carbocycles. The van der Waals surface area contributed by atoms with Gasteiger partial charge in [0, 0.05) is 5.41 Å². The summed E-state index contributed by atoms with van der Waals surface area (Å²) in [5.74, 6) is -0.956. The Labute approximate surface area is 94.1 Å². The average molecular weight is 222 g/mol. The van der Waals surface area contributed by atoms with Crippen LogP contribution in [0.1, 0.15) is 42.1 Å². The molecule has 0 amide bonds. The van der Waals surface area contributed by atoms with Gasteiger partial charge in [-0.2, -0.15) is 0 Å². The smallest absolute Gasteiger partial charge is 0.335 e. The molecule has 86 valence electrons. The molecular formula is C13H15FO2. The summed E-state index contributed by atoms with van der Waals surface area (Å²) in [6, 6.07) is 6.68. The molecule has 1 aromatic rings. The molecule has 1 aliphatic rings. The van der Waals surface area contributed by atoms with Crippen LogP contribution in [0.5, 0.6) is 0 Å². The number of carboxylic acid groups (broad SMARTS) is 1. The molecule has 0 radical (unpaired) electrons. The van der Waals surface area contributed by atoms with E-state index in [4.69, 9.17) is 5.11 Å². The third kappa shape index (κ3) is 1.60. The van der Waals surface area contributed by atoms with Gasteiger partial charge >= 0.3 is 5.97 Å². The third-order valence-corrected chi connectivity index (χ3v) is 3.69. The largest absolute Gasteiger partial charge is 0.478 e. The lowest BCUT2D eigenvalue weighted by atomic mass is 9.62. The summed E-state index contributed by atoms with van der Waals surface area (Å²) in [5, 5.41) is 8.91. The van der Waals surface area contributed by atoms with Crippen molar-refractivity contribution in [2.45, 2.75) is 37.8 Å². The van der Waals surface area contributed by atoms with Crippen LogP contribution in [0, 0.1) is 0 Å². The molecule has 3 heteroatoms. The van der Waals surface area contributed by atoms with E-state index in [2.05, 4.69) is 0 Å². The summed E-state index contributed by atoms with van der Waals surface area (Å²) in [6.07, 6.45) is 1.72. The lowest BCUT2D eigenvalue weighted by Crippen LogP contribution is -2.42. The Bertz CT molecular complexity index is 408. The quantitative estimate of drug-likeness (QED) is 0.852. The highest BCUT2D eigenvalue weighted by Crippen LogP contribution is 2.47. The zero-order valence-corrected chi connectivity index (χ0v) is 9.24. The van der Waals surface area contributed by atoms with Gasteiger partial charge in [-0.1, -0.05) is 18.6 Å². The first kappa shape index (κ1) is 11.1. The molecule has 0 saturated heterocycles. The topological polar surface area (TPSA) is 37.3 Å². The highest BCUT2D eigenvalue weighted by molar-refractivity contribution is 5.87. The molecule has 0 aromatic heterocycles. The number of halogens is 1. The highest BCUT2D eigenvalue weighted by Gasteiger charge is 2.44. The first-order valence-corrected chi connectivity index (χ1v) is 5.54. The van der Waals surface area contributed by atoms with Gasteiger partial charge in [-0.15, -0.1) is 0 Å². The Morgan fingerprint density at radius 3 is 2.62 bits per heavy atom. The lowest BCUT2D eigenvalue weighted by Gasteiger charge is -2.44. The number of rotatable bonds is 3. The monoisotopic (exact) mass is 222 g/mol. The molecule has 0 spiro atoms. The van der Waals surface area contributed by atoms with Crippen molar-refractivity contribution in [3.05, 3.63) is 35.4 Å². The number of hydrogen-bond acceptors (Lipinski definition) is 1. The number of alkyl halides is 1. The Morgan fingerprint density at radius 1 is 1.50 bits per heavy atom. The molecule has 2 rings (SSSR count). The first-order valence-electron chi connectivity index (χ1n) is 5.54. The van der Waals surface area contributed by atoms with E-state index >= 15 is 0 Å². The minimum absolute atomic E-state index is 0.240. The molecule has 1 aromatic carbocycles. The van der Waals surface area contributed by atoms with Crippen LogP contribution in [0.15, 0.2) is 24.3 Å². The van der Waals surface area contributed by atoms with Crippen LogP contribution in [0.4, 0.5) is 4.39 Å². The van der Waals surface area contributed by atoms with E-state index in [1.807, 2.05) is 6.07 Å². The van der Waals surface area contributed by atoms with Gasteiger partial charge in [0.1, 0.15) is 6.17 Å². The minimum Gasteiger partial charge on any atom is -0.478 e. The van der Waals surface area contributed by atoms with E-state index in [1.54, 1.807) is 25.1 Å². The molecule has 0 bridgehead atoms. The van der Waals surface area contributed by atoms with Crippen LogP contribution < -0.4 is 0 Å². The fraction of sp³-hybridized carbons (Fsp3) is 0.462. The predicted molar refractivity (Wildman–Crippen MR) is 59.5 cm³/mol. The second kappa shape index (κ2) is 3.89. The van der Waals surface area contributed by atoms with E-state index in [0.29, 0.717) is 0 Å². The van der Waals surface area contributed by atoms with E-state index in [0.717, 1.165) is 24.8 Å². The van der Waals surface area contributed by atoms with Gasteiger partial charge in [-0.05, 0) is 37.5 Å². The summed E-state index contributed by atoms with van der Waals surface area (Å²) < 4.78 is 13.7. The van der Waals surface area contributed by atoms with Crippen LogP contribution >= 0.6 is 0 Å². The Morgan fingerprint density at radius 2 is 2.19 bits per heavy atom. The van der Waals surface area contributed by atoms with Crippen molar-refractivity contribution in [2.24, 2.45) is 0 Å². The molecule has 1 unspecified atom stereocenters. The fourth-order valence-corrected chi connectivity index (χ4v) is 2.44. The van der Waals surface area contributed by atoms with E-state index in [9.17, 15) is 9.18 Å². The zero-order valence-electron chi connectivity index (χ0n) is 9.24. The van der Waals surface area contributed by atoms with Gasteiger partial charge in [0.2, 0.25) is 0 Å². The number of carboxylic acids is 1. The molecular weight excluding hydrogens is 207 g/mol. The fourth-order valence-electron chi connectivity index (χ4n) is 2.44. The third-order valence-electron chi connectivity index (χ3n) is 3.69. The minimum atomic E-state index is -0.956. The molecule has 1 atom stereocenters. The maximum absolute atomic E-state index is 13.7. The van der Waals surface area contributed by atoms with E-state index < -0.39 is 17.6 Å². The van der Waals surface area contributed by atoms with Crippen LogP contribution in [-0.4, -0.2) is 17.2 Å². The van der Waals surface area contributed by atoms with Crippen molar-refractivity contribution in [3.63, 3.8) is 0 Å². The molecule has 2 nitrogen and oxygen atoms in total. The zero-order chi connectivity index (χ0) is 11.8. The van der Waals surface area contributed by atoms with Crippen LogP contribution in [0.25, 0.3) is 0 Å². The second-order valence-corrected chi connectivity index (χ2v) is 4.51. The lowest BCUT2D eigenvalue weighted by molar-refractivity contribution is 0.0695. The number of aromatic carboxylic acids is 1. The predicted octanol–water partition coefficient (Wildman–Crippen LogP) is 3.16. The van der Waals surface area contributed by atoms with Crippen molar-refractivity contribution in [2.75, 3.05) is 0 Å².